The molecular formula is C21H15FN4O4S. The molecule has 4 aromatic rings. The maximum atomic E-state index is 13.8. The van der Waals surface area contributed by atoms with Crippen molar-refractivity contribution in [2.24, 2.45) is 0 Å². The van der Waals surface area contributed by atoms with Crippen molar-refractivity contribution >= 4 is 28.0 Å². The second-order valence-corrected chi connectivity index (χ2v) is 8.20. The van der Waals surface area contributed by atoms with E-state index in [0.29, 0.717) is 30.9 Å². The summed E-state index contributed by atoms with van der Waals surface area (Å²) in [6, 6.07) is 5.66. The number of hydrogen-bond acceptors (Lipinski definition) is 8. The van der Waals surface area contributed by atoms with Crippen molar-refractivity contribution in [1.29, 1.82) is 0 Å². The summed E-state index contributed by atoms with van der Waals surface area (Å²) < 4.78 is 19.2. The summed E-state index contributed by atoms with van der Waals surface area (Å²) in [6.45, 7) is 1.50. The molecule has 1 aromatic carbocycles. The highest BCUT2D eigenvalue weighted by molar-refractivity contribution is 7.13. The molecule has 156 valence electrons. The molecule has 3 aromatic heterocycles. The number of hydrogen-bond donors (Lipinski definition) is 0. The lowest BCUT2D eigenvalue weighted by Gasteiger charge is -2.27. The molecule has 0 aliphatic carbocycles. The Morgan fingerprint density at radius 3 is 3.00 bits per heavy atom. The molecule has 1 aliphatic heterocycles. The number of non-ortho nitro benzene ring substituents is 1. The van der Waals surface area contributed by atoms with Crippen molar-refractivity contribution in [1.82, 2.24) is 14.9 Å². The zero-order chi connectivity index (χ0) is 21.5. The third-order valence-corrected chi connectivity index (χ3v) is 6.10. The molecule has 0 spiro atoms. The van der Waals surface area contributed by atoms with E-state index in [0.717, 1.165) is 28.3 Å². The molecule has 8 nitrogen and oxygen atoms in total. The average molecular weight is 438 g/mol. The summed E-state index contributed by atoms with van der Waals surface area (Å²) in [5, 5.41) is 13.0. The van der Waals surface area contributed by atoms with Gasteiger partial charge in [-0.25, -0.2) is 14.4 Å². The molecule has 4 heterocycles. The largest absolute Gasteiger partial charge is 0.456 e. The van der Waals surface area contributed by atoms with Crippen LogP contribution in [-0.2, 0) is 19.5 Å². The third-order valence-electron chi connectivity index (χ3n) is 5.23. The van der Waals surface area contributed by atoms with E-state index in [-0.39, 0.29) is 17.5 Å². The van der Waals surface area contributed by atoms with Crippen LogP contribution in [-0.4, -0.2) is 26.3 Å². The Morgan fingerprint density at radius 2 is 2.23 bits per heavy atom. The minimum absolute atomic E-state index is 0.134. The Kier molecular flexibility index (Phi) is 4.79. The van der Waals surface area contributed by atoms with E-state index in [9.17, 15) is 19.3 Å². The number of nitrogens with zero attached hydrogens (tertiary/aromatic N) is 4. The summed E-state index contributed by atoms with van der Waals surface area (Å²) in [5.74, 6) is -0.143. The molecule has 0 radical (unpaired) electrons. The molecule has 0 fully saturated rings. The van der Waals surface area contributed by atoms with Gasteiger partial charge in [-0.2, -0.15) is 0 Å². The van der Waals surface area contributed by atoms with Crippen LogP contribution < -0.4 is 5.43 Å². The van der Waals surface area contributed by atoms with E-state index in [1.807, 2.05) is 28.6 Å². The minimum atomic E-state index is -0.853. The smallest absolute Gasteiger partial charge is 0.315 e. The van der Waals surface area contributed by atoms with Gasteiger partial charge in [0, 0.05) is 43.4 Å². The maximum Gasteiger partial charge on any atom is 0.315 e. The van der Waals surface area contributed by atoms with Gasteiger partial charge in [0.2, 0.25) is 5.58 Å². The molecule has 0 bridgehead atoms. The molecular weight excluding hydrogens is 423 g/mol. The SMILES string of the molecule is O=c1c(CN2CCc3nc(-c4cccs4)ncc3C2)coc2c([N+](=O)[O-])cc(F)cc12. The maximum absolute atomic E-state index is 13.8. The zero-order valence-electron chi connectivity index (χ0n) is 16.1. The number of nitro groups is 1. The number of nitro benzene ring substituents is 1. The van der Waals surface area contributed by atoms with Crippen LogP contribution in [0, 0.1) is 15.9 Å². The lowest BCUT2D eigenvalue weighted by molar-refractivity contribution is -0.383. The number of rotatable bonds is 4. The van der Waals surface area contributed by atoms with Crippen molar-refractivity contribution in [2.75, 3.05) is 6.54 Å². The molecule has 0 saturated heterocycles. The van der Waals surface area contributed by atoms with Gasteiger partial charge in [-0.05, 0) is 17.5 Å². The first-order chi connectivity index (χ1) is 15.0. The quantitative estimate of drug-likeness (QED) is 0.351. The van der Waals surface area contributed by atoms with Crippen molar-refractivity contribution in [3.63, 3.8) is 0 Å². The molecule has 10 heteroatoms. The first-order valence-electron chi connectivity index (χ1n) is 9.49. The van der Waals surface area contributed by atoms with E-state index < -0.39 is 21.9 Å². The fraction of sp³-hybridized carbons (Fsp3) is 0.190. The summed E-state index contributed by atoms with van der Waals surface area (Å²) in [7, 11) is 0. The Balaban J connectivity index is 1.42. The van der Waals surface area contributed by atoms with E-state index in [2.05, 4.69) is 9.97 Å². The summed E-state index contributed by atoms with van der Waals surface area (Å²) in [5.41, 5.74) is 1.02. The Labute approximate surface area is 178 Å². The predicted molar refractivity (Wildman–Crippen MR) is 112 cm³/mol. The second kappa shape index (κ2) is 7.64. The molecule has 0 unspecified atom stereocenters. The van der Waals surface area contributed by atoms with Crippen LogP contribution in [0.4, 0.5) is 10.1 Å². The van der Waals surface area contributed by atoms with E-state index in [1.165, 1.54) is 6.26 Å². The van der Waals surface area contributed by atoms with Crippen LogP contribution >= 0.6 is 11.3 Å². The highest BCUT2D eigenvalue weighted by Crippen LogP contribution is 2.27. The van der Waals surface area contributed by atoms with Crippen LogP contribution in [0.2, 0.25) is 0 Å². The van der Waals surface area contributed by atoms with Crippen molar-refractivity contribution in [3.8, 4) is 10.7 Å². The van der Waals surface area contributed by atoms with Gasteiger partial charge in [0.25, 0.3) is 0 Å². The second-order valence-electron chi connectivity index (χ2n) is 7.25. The normalized spacial score (nSPS) is 14.0. The van der Waals surface area contributed by atoms with Gasteiger partial charge < -0.3 is 4.42 Å². The summed E-state index contributed by atoms with van der Waals surface area (Å²) in [6.07, 6.45) is 3.74. The Morgan fingerprint density at radius 1 is 1.35 bits per heavy atom. The topological polar surface area (TPSA) is 102 Å². The summed E-state index contributed by atoms with van der Waals surface area (Å²) in [4.78, 5) is 35.4. The van der Waals surface area contributed by atoms with Gasteiger partial charge in [0.05, 0.1) is 33.2 Å². The van der Waals surface area contributed by atoms with Crippen LogP contribution in [0.5, 0.6) is 0 Å². The van der Waals surface area contributed by atoms with Crippen LogP contribution in [0.15, 0.2) is 51.3 Å². The highest BCUT2D eigenvalue weighted by atomic mass is 32.1. The predicted octanol–water partition coefficient (Wildman–Crippen LogP) is 3.92. The van der Waals surface area contributed by atoms with Gasteiger partial charge in [-0.1, -0.05) is 6.07 Å². The van der Waals surface area contributed by atoms with Gasteiger partial charge >= 0.3 is 5.69 Å². The average Bonchev–Trinajstić information content (AvgIpc) is 3.30. The molecule has 5 rings (SSSR count). The number of aromatic nitrogens is 2. The highest BCUT2D eigenvalue weighted by Gasteiger charge is 2.23. The Bertz CT molecular complexity index is 1370. The first kappa shape index (κ1) is 19.5. The molecule has 1 aliphatic rings. The van der Waals surface area contributed by atoms with Crippen molar-refractivity contribution in [3.05, 3.63) is 85.1 Å². The molecule has 0 saturated carbocycles. The standard InChI is InChI=1S/C21H15FN4O4S/c22-14-6-15-19(27)13(11-30-20(15)17(7-14)26(28)29)10-25-4-3-16-12(9-25)8-23-21(24-16)18-2-1-5-31-18/h1-2,5-8,11H,3-4,9-10H2. The van der Waals surface area contributed by atoms with Crippen LogP contribution in [0.25, 0.3) is 21.7 Å². The fourth-order valence-corrected chi connectivity index (χ4v) is 4.41. The molecule has 0 atom stereocenters. The van der Waals surface area contributed by atoms with Crippen LogP contribution in [0.3, 0.4) is 0 Å². The lowest BCUT2D eigenvalue weighted by Crippen LogP contribution is -2.32. The number of fused-ring (bicyclic) bond motifs is 2. The van der Waals surface area contributed by atoms with E-state index >= 15 is 0 Å². The molecule has 0 amide bonds. The number of thiophene rings is 1. The third kappa shape index (κ3) is 3.60. The summed E-state index contributed by atoms with van der Waals surface area (Å²) >= 11 is 1.59. The number of benzene rings is 1. The molecule has 31 heavy (non-hydrogen) atoms. The Hall–Kier alpha value is -3.50. The van der Waals surface area contributed by atoms with Crippen LogP contribution in [0.1, 0.15) is 16.8 Å². The van der Waals surface area contributed by atoms with Gasteiger partial charge in [-0.15, -0.1) is 11.3 Å². The van der Waals surface area contributed by atoms with Gasteiger partial charge in [0.15, 0.2) is 11.3 Å². The molecule has 0 N–H and O–H groups in total. The van der Waals surface area contributed by atoms with E-state index in [4.69, 9.17) is 4.42 Å². The fourth-order valence-electron chi connectivity index (χ4n) is 3.75. The lowest BCUT2D eigenvalue weighted by atomic mass is 10.1. The minimum Gasteiger partial charge on any atom is -0.456 e. The van der Waals surface area contributed by atoms with Gasteiger partial charge in [-0.3, -0.25) is 19.8 Å². The van der Waals surface area contributed by atoms with E-state index in [1.54, 1.807) is 11.3 Å². The first-order valence-corrected chi connectivity index (χ1v) is 10.4. The zero-order valence-corrected chi connectivity index (χ0v) is 16.9. The van der Waals surface area contributed by atoms with Gasteiger partial charge in [0.1, 0.15) is 5.82 Å². The monoisotopic (exact) mass is 438 g/mol. The number of halogens is 1. The van der Waals surface area contributed by atoms with Crippen molar-refractivity contribution < 1.29 is 13.7 Å². The van der Waals surface area contributed by atoms with Crippen molar-refractivity contribution in [2.45, 2.75) is 19.5 Å².